The van der Waals surface area contributed by atoms with Crippen molar-refractivity contribution >= 4 is 59.9 Å². The van der Waals surface area contributed by atoms with Crippen LogP contribution in [-0.4, -0.2) is 15.0 Å². The fraction of sp³-hybridized carbons (Fsp3) is 0. The number of nitrogens with one attached hydrogen (secondary N) is 1. The third kappa shape index (κ3) is 2.24. The van der Waals surface area contributed by atoms with E-state index in [0.29, 0.717) is 27.4 Å². The number of pyridine rings is 1. The van der Waals surface area contributed by atoms with Gasteiger partial charge in [0.15, 0.2) is 5.82 Å². The van der Waals surface area contributed by atoms with E-state index in [-0.39, 0.29) is 5.56 Å². The summed E-state index contributed by atoms with van der Waals surface area (Å²) in [6.07, 6.45) is 1.78. The van der Waals surface area contributed by atoms with E-state index in [1.165, 1.54) is 0 Å². The van der Waals surface area contributed by atoms with E-state index >= 15 is 0 Å². The van der Waals surface area contributed by atoms with Crippen molar-refractivity contribution in [2.75, 3.05) is 0 Å². The number of fused-ring (bicyclic) bond motifs is 2. The lowest BCUT2D eigenvalue weighted by molar-refractivity contribution is 1.15. The van der Waals surface area contributed by atoms with E-state index in [0.717, 1.165) is 14.6 Å². The van der Waals surface area contributed by atoms with Gasteiger partial charge in [-0.05, 0) is 35.0 Å². The second kappa shape index (κ2) is 5.15. The maximum Gasteiger partial charge on any atom is 0.259 e. The summed E-state index contributed by atoms with van der Waals surface area (Å²) in [5.41, 5.74) is 0.843. The van der Waals surface area contributed by atoms with E-state index in [1.54, 1.807) is 29.7 Å². The standard InChI is InChI=1S/C15H7BrClN3OS/c16-8-4-9-13(10(17)5-8)19-14(20-15(9)21)11-3-7-1-2-22-12(7)6-18-11/h1-6H,(H,19,20,21). The predicted molar refractivity (Wildman–Crippen MR) is 93.7 cm³/mol. The molecule has 0 radical (unpaired) electrons. The molecule has 1 aromatic carbocycles. The first-order valence-electron chi connectivity index (χ1n) is 6.34. The molecule has 0 atom stereocenters. The molecule has 0 fully saturated rings. The van der Waals surface area contributed by atoms with E-state index in [9.17, 15) is 4.79 Å². The Morgan fingerprint density at radius 2 is 2.14 bits per heavy atom. The summed E-state index contributed by atoms with van der Waals surface area (Å²) < 4.78 is 1.83. The minimum absolute atomic E-state index is 0.240. The molecule has 0 aliphatic rings. The van der Waals surface area contributed by atoms with Crippen LogP contribution in [0.2, 0.25) is 5.02 Å². The molecule has 0 aliphatic heterocycles. The number of hydrogen-bond acceptors (Lipinski definition) is 4. The molecule has 108 valence electrons. The molecular weight excluding hydrogens is 386 g/mol. The molecule has 1 N–H and O–H groups in total. The SMILES string of the molecule is O=c1[nH]c(-c2cc3ccsc3cn2)nc2c(Cl)cc(Br)cc12. The number of H-pyrrole nitrogens is 1. The average Bonchev–Trinajstić information content (AvgIpc) is 2.95. The second-order valence-corrected chi connectivity index (χ2v) is 7.00. The monoisotopic (exact) mass is 391 g/mol. The fourth-order valence-electron chi connectivity index (χ4n) is 2.29. The quantitative estimate of drug-likeness (QED) is 0.514. The summed E-state index contributed by atoms with van der Waals surface area (Å²) in [4.78, 5) is 23.9. The summed E-state index contributed by atoms with van der Waals surface area (Å²) in [6.45, 7) is 0. The Kier molecular flexibility index (Phi) is 3.25. The van der Waals surface area contributed by atoms with Crippen LogP contribution >= 0.6 is 38.9 Å². The van der Waals surface area contributed by atoms with Crippen LogP contribution in [0, 0.1) is 0 Å². The number of hydrogen-bond donors (Lipinski definition) is 1. The maximum atomic E-state index is 12.3. The molecule has 0 aliphatic carbocycles. The Hall–Kier alpha value is -1.76. The topological polar surface area (TPSA) is 58.6 Å². The molecule has 0 saturated heterocycles. The third-order valence-corrected chi connectivity index (χ3v) is 4.92. The number of benzene rings is 1. The zero-order valence-electron chi connectivity index (χ0n) is 10.9. The molecule has 3 heterocycles. The van der Waals surface area contributed by atoms with Gasteiger partial charge in [-0.1, -0.05) is 27.5 Å². The van der Waals surface area contributed by atoms with Crippen molar-refractivity contribution in [3.8, 4) is 11.5 Å². The van der Waals surface area contributed by atoms with Gasteiger partial charge < -0.3 is 4.98 Å². The molecule has 22 heavy (non-hydrogen) atoms. The highest BCUT2D eigenvalue weighted by Gasteiger charge is 2.11. The maximum absolute atomic E-state index is 12.3. The molecule has 4 rings (SSSR count). The minimum Gasteiger partial charge on any atom is -0.305 e. The first-order valence-corrected chi connectivity index (χ1v) is 8.39. The van der Waals surface area contributed by atoms with E-state index in [4.69, 9.17) is 11.6 Å². The second-order valence-electron chi connectivity index (χ2n) is 4.73. The molecule has 0 bridgehead atoms. The lowest BCUT2D eigenvalue weighted by Gasteiger charge is -2.05. The van der Waals surface area contributed by atoms with Gasteiger partial charge in [-0.2, -0.15) is 0 Å². The van der Waals surface area contributed by atoms with Gasteiger partial charge in [-0.15, -0.1) is 11.3 Å². The lowest BCUT2D eigenvalue weighted by atomic mass is 10.2. The van der Waals surface area contributed by atoms with Gasteiger partial charge in [0.25, 0.3) is 5.56 Å². The molecule has 4 aromatic rings. The number of aromatic nitrogens is 3. The Morgan fingerprint density at radius 3 is 3.00 bits per heavy atom. The number of halogens is 2. The van der Waals surface area contributed by atoms with Crippen LogP contribution in [0.3, 0.4) is 0 Å². The Bertz CT molecular complexity index is 1090. The van der Waals surface area contributed by atoms with Gasteiger partial charge in [0.1, 0.15) is 5.69 Å². The zero-order chi connectivity index (χ0) is 15.3. The van der Waals surface area contributed by atoms with Gasteiger partial charge in [0, 0.05) is 10.7 Å². The van der Waals surface area contributed by atoms with Crippen LogP contribution in [0.1, 0.15) is 0 Å². The average molecular weight is 393 g/mol. The number of thiophene rings is 1. The molecule has 3 aromatic heterocycles. The summed E-state index contributed by atoms with van der Waals surface area (Å²) in [5, 5.41) is 3.94. The third-order valence-electron chi connectivity index (χ3n) is 3.31. The summed E-state index contributed by atoms with van der Waals surface area (Å²) >= 11 is 11.2. The van der Waals surface area contributed by atoms with Gasteiger partial charge in [0.05, 0.1) is 20.6 Å². The first kappa shape index (κ1) is 13.9. The van der Waals surface area contributed by atoms with Crippen molar-refractivity contribution in [3.05, 3.63) is 55.7 Å². The Labute approximate surface area is 141 Å². The van der Waals surface area contributed by atoms with Gasteiger partial charge in [-0.3, -0.25) is 9.78 Å². The predicted octanol–water partition coefficient (Wildman–Crippen LogP) is 4.62. The minimum atomic E-state index is -0.240. The lowest BCUT2D eigenvalue weighted by Crippen LogP contribution is -2.10. The Morgan fingerprint density at radius 1 is 1.27 bits per heavy atom. The molecule has 0 saturated carbocycles. The van der Waals surface area contributed by atoms with Gasteiger partial charge >= 0.3 is 0 Å². The van der Waals surface area contributed by atoms with Crippen molar-refractivity contribution in [2.24, 2.45) is 0 Å². The molecule has 0 unspecified atom stereocenters. The number of rotatable bonds is 1. The van der Waals surface area contributed by atoms with Crippen LogP contribution in [0.15, 0.2) is 45.1 Å². The van der Waals surface area contributed by atoms with Crippen molar-refractivity contribution in [1.29, 1.82) is 0 Å². The molecule has 0 spiro atoms. The van der Waals surface area contributed by atoms with E-state index in [1.807, 2.05) is 17.5 Å². The highest BCUT2D eigenvalue weighted by Crippen LogP contribution is 2.27. The molecule has 4 nitrogen and oxygen atoms in total. The van der Waals surface area contributed by atoms with Crippen molar-refractivity contribution in [1.82, 2.24) is 15.0 Å². The highest BCUT2D eigenvalue weighted by molar-refractivity contribution is 9.10. The summed E-state index contributed by atoms with van der Waals surface area (Å²) in [5.74, 6) is 0.412. The van der Waals surface area contributed by atoms with Crippen molar-refractivity contribution in [2.45, 2.75) is 0 Å². The highest BCUT2D eigenvalue weighted by atomic mass is 79.9. The molecule has 0 amide bonds. The smallest absolute Gasteiger partial charge is 0.259 e. The van der Waals surface area contributed by atoms with Crippen LogP contribution < -0.4 is 5.56 Å². The zero-order valence-corrected chi connectivity index (χ0v) is 14.1. The van der Waals surface area contributed by atoms with Crippen molar-refractivity contribution < 1.29 is 0 Å². The van der Waals surface area contributed by atoms with Crippen LogP contribution in [-0.2, 0) is 0 Å². The van der Waals surface area contributed by atoms with Crippen LogP contribution in [0.4, 0.5) is 0 Å². The van der Waals surface area contributed by atoms with Crippen molar-refractivity contribution in [3.63, 3.8) is 0 Å². The number of nitrogens with zero attached hydrogens (tertiary/aromatic N) is 2. The normalized spacial score (nSPS) is 11.4. The largest absolute Gasteiger partial charge is 0.305 e. The van der Waals surface area contributed by atoms with Gasteiger partial charge in [0.2, 0.25) is 0 Å². The van der Waals surface area contributed by atoms with Gasteiger partial charge in [-0.25, -0.2) is 4.98 Å². The molecular formula is C15H7BrClN3OS. The van der Waals surface area contributed by atoms with E-state index in [2.05, 4.69) is 30.9 Å². The fourth-order valence-corrected chi connectivity index (χ4v) is 3.87. The van der Waals surface area contributed by atoms with Crippen LogP contribution in [0.5, 0.6) is 0 Å². The summed E-state index contributed by atoms with van der Waals surface area (Å²) in [7, 11) is 0. The summed E-state index contributed by atoms with van der Waals surface area (Å²) in [6, 6.07) is 7.33. The Balaban J connectivity index is 2.00. The first-order chi connectivity index (χ1) is 10.6. The number of aromatic amines is 1. The van der Waals surface area contributed by atoms with Crippen LogP contribution in [0.25, 0.3) is 32.5 Å². The van der Waals surface area contributed by atoms with E-state index < -0.39 is 0 Å². The molecule has 7 heteroatoms.